The van der Waals surface area contributed by atoms with E-state index in [9.17, 15) is 9.59 Å². The second kappa shape index (κ2) is 8.96. The van der Waals surface area contributed by atoms with E-state index in [2.05, 4.69) is 0 Å². The molecule has 0 heterocycles. The molecule has 1 rings (SSSR count). The summed E-state index contributed by atoms with van der Waals surface area (Å²) in [4.78, 5) is 22.8. The van der Waals surface area contributed by atoms with Crippen molar-refractivity contribution >= 4 is 11.9 Å². The van der Waals surface area contributed by atoms with Gasteiger partial charge < -0.3 is 14.2 Å². The van der Waals surface area contributed by atoms with Crippen molar-refractivity contribution in [2.75, 3.05) is 13.7 Å². The van der Waals surface area contributed by atoms with Gasteiger partial charge in [-0.2, -0.15) is 0 Å². The number of rotatable bonds is 8. The SMILES string of the molecule is CCCOC(=O)CCC(=O)OCc1ccccc1OC. The van der Waals surface area contributed by atoms with Gasteiger partial charge in [0.25, 0.3) is 0 Å². The first-order valence-corrected chi connectivity index (χ1v) is 6.60. The largest absolute Gasteiger partial charge is 0.496 e. The number of esters is 2. The first-order valence-electron chi connectivity index (χ1n) is 6.60. The molecular weight excluding hydrogens is 260 g/mol. The van der Waals surface area contributed by atoms with Crippen LogP contribution in [0, 0.1) is 0 Å². The second-order valence-corrected chi connectivity index (χ2v) is 4.19. The molecule has 1 aromatic rings. The van der Waals surface area contributed by atoms with Crippen molar-refractivity contribution in [2.24, 2.45) is 0 Å². The van der Waals surface area contributed by atoms with Crippen LogP contribution in [0.4, 0.5) is 0 Å². The van der Waals surface area contributed by atoms with Crippen molar-refractivity contribution in [3.63, 3.8) is 0 Å². The van der Waals surface area contributed by atoms with E-state index in [0.29, 0.717) is 12.4 Å². The van der Waals surface area contributed by atoms with E-state index in [0.717, 1.165) is 12.0 Å². The molecule has 0 N–H and O–H groups in total. The summed E-state index contributed by atoms with van der Waals surface area (Å²) >= 11 is 0. The van der Waals surface area contributed by atoms with Crippen LogP contribution in [0.1, 0.15) is 31.7 Å². The van der Waals surface area contributed by atoms with Crippen molar-refractivity contribution in [3.8, 4) is 5.75 Å². The highest BCUT2D eigenvalue weighted by Crippen LogP contribution is 2.18. The lowest BCUT2D eigenvalue weighted by Gasteiger charge is -2.09. The number of carbonyl (C=O) groups is 2. The fraction of sp³-hybridized carbons (Fsp3) is 0.467. The lowest BCUT2D eigenvalue weighted by atomic mass is 10.2. The lowest BCUT2D eigenvalue weighted by Crippen LogP contribution is -2.11. The first kappa shape index (κ1) is 16.0. The Kier molecular flexibility index (Phi) is 7.17. The van der Waals surface area contributed by atoms with E-state index >= 15 is 0 Å². The smallest absolute Gasteiger partial charge is 0.306 e. The Morgan fingerprint density at radius 2 is 1.70 bits per heavy atom. The molecule has 110 valence electrons. The maximum Gasteiger partial charge on any atom is 0.306 e. The average molecular weight is 280 g/mol. The number of hydrogen-bond acceptors (Lipinski definition) is 5. The van der Waals surface area contributed by atoms with E-state index in [4.69, 9.17) is 14.2 Å². The van der Waals surface area contributed by atoms with Crippen LogP contribution in [-0.2, 0) is 25.7 Å². The lowest BCUT2D eigenvalue weighted by molar-refractivity contribution is -0.151. The highest BCUT2D eigenvalue weighted by atomic mass is 16.5. The summed E-state index contributed by atoms with van der Waals surface area (Å²) in [6.07, 6.45) is 0.840. The van der Waals surface area contributed by atoms with Gasteiger partial charge in [0.15, 0.2) is 0 Å². The molecule has 0 radical (unpaired) electrons. The minimum Gasteiger partial charge on any atom is -0.496 e. The Morgan fingerprint density at radius 1 is 1.05 bits per heavy atom. The quantitative estimate of drug-likeness (QED) is 0.684. The van der Waals surface area contributed by atoms with Gasteiger partial charge in [-0.25, -0.2) is 0 Å². The van der Waals surface area contributed by atoms with E-state index < -0.39 is 5.97 Å². The van der Waals surface area contributed by atoms with Crippen LogP contribution in [0.2, 0.25) is 0 Å². The molecule has 5 heteroatoms. The Hall–Kier alpha value is -2.04. The number of methoxy groups -OCH3 is 1. The Balaban J connectivity index is 2.31. The number of hydrogen-bond donors (Lipinski definition) is 0. The third-order valence-corrected chi connectivity index (χ3v) is 2.58. The Bertz CT molecular complexity index is 442. The molecule has 20 heavy (non-hydrogen) atoms. The molecule has 0 aliphatic rings. The maximum absolute atomic E-state index is 11.5. The molecule has 0 spiro atoms. The third kappa shape index (κ3) is 5.73. The van der Waals surface area contributed by atoms with Crippen LogP contribution in [0.25, 0.3) is 0 Å². The third-order valence-electron chi connectivity index (χ3n) is 2.58. The van der Waals surface area contributed by atoms with E-state index in [1.165, 1.54) is 0 Å². The van der Waals surface area contributed by atoms with Gasteiger partial charge >= 0.3 is 11.9 Å². The van der Waals surface area contributed by atoms with E-state index in [1.54, 1.807) is 13.2 Å². The number of carbonyl (C=O) groups excluding carboxylic acids is 2. The summed E-state index contributed by atoms with van der Waals surface area (Å²) in [5.41, 5.74) is 0.789. The predicted molar refractivity (Wildman–Crippen MR) is 73.3 cm³/mol. The predicted octanol–water partition coefficient (Wildman–Crippen LogP) is 2.47. The standard InChI is InChI=1S/C15H20O5/c1-3-10-19-14(16)8-9-15(17)20-11-12-6-4-5-7-13(12)18-2/h4-7H,3,8-11H2,1-2H3. The first-order chi connectivity index (χ1) is 9.67. The van der Waals surface area contributed by atoms with Gasteiger partial charge in [-0.1, -0.05) is 25.1 Å². The van der Waals surface area contributed by atoms with Gasteiger partial charge in [0.05, 0.1) is 26.6 Å². The van der Waals surface area contributed by atoms with Crippen LogP contribution in [0.5, 0.6) is 5.75 Å². The van der Waals surface area contributed by atoms with Crippen molar-refractivity contribution < 1.29 is 23.8 Å². The van der Waals surface area contributed by atoms with Crippen LogP contribution >= 0.6 is 0 Å². The summed E-state index contributed by atoms with van der Waals surface area (Å²) in [6, 6.07) is 7.30. The van der Waals surface area contributed by atoms with Gasteiger partial charge in [0, 0.05) is 5.56 Å². The normalized spacial score (nSPS) is 9.90. The van der Waals surface area contributed by atoms with Crippen molar-refractivity contribution in [1.82, 2.24) is 0 Å². The summed E-state index contributed by atoms with van der Waals surface area (Å²) in [5.74, 6) is -0.131. The molecule has 0 unspecified atom stereocenters. The van der Waals surface area contributed by atoms with Gasteiger partial charge in [0.1, 0.15) is 12.4 Å². The Morgan fingerprint density at radius 3 is 2.35 bits per heavy atom. The summed E-state index contributed by atoms with van der Waals surface area (Å²) in [6.45, 7) is 2.43. The van der Waals surface area contributed by atoms with Crippen molar-refractivity contribution in [2.45, 2.75) is 32.8 Å². The molecule has 0 aliphatic carbocycles. The highest BCUT2D eigenvalue weighted by molar-refractivity contribution is 5.77. The van der Waals surface area contributed by atoms with E-state index in [1.807, 2.05) is 25.1 Å². The molecule has 0 atom stereocenters. The van der Waals surface area contributed by atoms with Crippen LogP contribution in [0.15, 0.2) is 24.3 Å². The van der Waals surface area contributed by atoms with E-state index in [-0.39, 0.29) is 25.4 Å². The molecule has 0 fully saturated rings. The van der Waals surface area contributed by atoms with Gasteiger partial charge in [-0.3, -0.25) is 9.59 Å². The van der Waals surface area contributed by atoms with Crippen LogP contribution < -0.4 is 4.74 Å². The van der Waals surface area contributed by atoms with Crippen molar-refractivity contribution in [1.29, 1.82) is 0 Å². The molecule has 5 nitrogen and oxygen atoms in total. The zero-order valence-corrected chi connectivity index (χ0v) is 11.9. The summed E-state index contributed by atoms with van der Waals surface area (Å²) in [5, 5.41) is 0. The molecule has 0 bridgehead atoms. The molecule has 0 saturated heterocycles. The fourth-order valence-electron chi connectivity index (χ4n) is 1.54. The van der Waals surface area contributed by atoms with Crippen LogP contribution in [-0.4, -0.2) is 25.7 Å². The molecular formula is C15H20O5. The fourth-order valence-corrected chi connectivity index (χ4v) is 1.54. The van der Waals surface area contributed by atoms with Crippen molar-refractivity contribution in [3.05, 3.63) is 29.8 Å². The average Bonchev–Trinajstić information content (AvgIpc) is 2.48. The second-order valence-electron chi connectivity index (χ2n) is 4.19. The zero-order valence-electron chi connectivity index (χ0n) is 11.9. The molecule has 0 aliphatic heterocycles. The molecule has 0 amide bonds. The van der Waals surface area contributed by atoms with Gasteiger partial charge in [-0.15, -0.1) is 0 Å². The molecule has 1 aromatic carbocycles. The van der Waals surface area contributed by atoms with Gasteiger partial charge in [-0.05, 0) is 12.5 Å². The highest BCUT2D eigenvalue weighted by Gasteiger charge is 2.10. The number of ether oxygens (including phenoxy) is 3. The number of para-hydroxylation sites is 1. The minimum absolute atomic E-state index is 0.0255. The topological polar surface area (TPSA) is 61.8 Å². The summed E-state index contributed by atoms with van der Waals surface area (Å²) in [7, 11) is 1.56. The molecule has 0 saturated carbocycles. The number of benzene rings is 1. The molecule has 0 aromatic heterocycles. The zero-order chi connectivity index (χ0) is 14.8. The maximum atomic E-state index is 11.5. The monoisotopic (exact) mass is 280 g/mol. The Labute approximate surface area is 118 Å². The van der Waals surface area contributed by atoms with Gasteiger partial charge in [0.2, 0.25) is 0 Å². The summed E-state index contributed by atoms with van der Waals surface area (Å²) < 4.78 is 15.1. The van der Waals surface area contributed by atoms with Crippen LogP contribution in [0.3, 0.4) is 0 Å². The minimum atomic E-state index is -0.427.